The molecule has 0 spiro atoms. The molecule has 0 radical (unpaired) electrons. The molecule has 0 aliphatic heterocycles. The first-order chi connectivity index (χ1) is 6.58. The molecule has 0 bridgehead atoms. The van der Waals surface area contributed by atoms with Gasteiger partial charge in [0.25, 0.3) is 0 Å². The van der Waals surface area contributed by atoms with Crippen molar-refractivity contribution >= 4 is 17.0 Å². The predicted molar refractivity (Wildman–Crippen MR) is 55.0 cm³/mol. The molecular weight excluding hydrogens is 204 g/mol. The number of esters is 1. The molecule has 1 unspecified atom stereocenters. The van der Waals surface area contributed by atoms with Crippen molar-refractivity contribution in [3.8, 4) is 0 Å². The quantitative estimate of drug-likeness (QED) is 0.436. The number of allylic oxidation sites excluding steroid dienone is 1. The summed E-state index contributed by atoms with van der Waals surface area (Å²) in [4.78, 5) is 11.6. The van der Waals surface area contributed by atoms with Gasteiger partial charge in [0, 0.05) is 0 Å². The van der Waals surface area contributed by atoms with Gasteiger partial charge in [0.2, 0.25) is 0 Å². The summed E-state index contributed by atoms with van der Waals surface area (Å²) in [6.45, 7) is 5.47. The average molecular weight is 220 g/mol. The minimum atomic E-state index is -2.08. The van der Waals surface area contributed by atoms with Gasteiger partial charge >= 0.3 is 5.97 Å². The van der Waals surface area contributed by atoms with E-state index in [1.165, 1.54) is 0 Å². The number of rotatable bonds is 5. The van der Waals surface area contributed by atoms with Gasteiger partial charge in [-0.3, -0.25) is 0 Å². The van der Waals surface area contributed by atoms with Crippen LogP contribution in [0.4, 0.5) is 0 Å². The maximum atomic E-state index is 11.4. The van der Waals surface area contributed by atoms with Crippen LogP contribution in [0.15, 0.2) is 10.5 Å². The van der Waals surface area contributed by atoms with Crippen LogP contribution in [-0.2, 0) is 20.6 Å². The standard InChI is InChI=1S/C9H16O4S/c1-4-7(9(10)13-6-3)8(5-2)14(11)12/h4-6H2,1-3H3,(H,11,12). The molecule has 0 heterocycles. The third-order valence-electron chi connectivity index (χ3n) is 1.74. The average Bonchev–Trinajstić information content (AvgIpc) is 2.13. The van der Waals surface area contributed by atoms with E-state index in [-0.39, 0.29) is 11.5 Å². The van der Waals surface area contributed by atoms with Crippen LogP contribution in [0.5, 0.6) is 0 Å². The van der Waals surface area contributed by atoms with Crippen molar-refractivity contribution in [2.75, 3.05) is 6.61 Å². The zero-order valence-electron chi connectivity index (χ0n) is 8.70. The highest BCUT2D eigenvalue weighted by Crippen LogP contribution is 2.16. The van der Waals surface area contributed by atoms with Crippen LogP contribution in [0.1, 0.15) is 33.6 Å². The number of hydrogen-bond acceptors (Lipinski definition) is 3. The van der Waals surface area contributed by atoms with Gasteiger partial charge in [0.05, 0.1) is 17.1 Å². The van der Waals surface area contributed by atoms with Crippen molar-refractivity contribution < 1.29 is 18.3 Å². The Kier molecular flexibility index (Phi) is 6.40. The molecule has 1 N–H and O–H groups in total. The minimum absolute atomic E-state index is 0.256. The van der Waals surface area contributed by atoms with Crippen LogP contribution < -0.4 is 0 Å². The molecule has 0 amide bonds. The summed E-state index contributed by atoms with van der Waals surface area (Å²) in [5.41, 5.74) is 0.315. The molecule has 4 nitrogen and oxygen atoms in total. The molecule has 0 rings (SSSR count). The summed E-state index contributed by atoms with van der Waals surface area (Å²) in [6.07, 6.45) is 0.791. The van der Waals surface area contributed by atoms with Gasteiger partial charge in [-0.2, -0.15) is 0 Å². The van der Waals surface area contributed by atoms with Gasteiger partial charge in [-0.05, 0) is 19.8 Å². The Labute approximate surface area is 86.6 Å². The van der Waals surface area contributed by atoms with Gasteiger partial charge in [0.1, 0.15) is 0 Å². The predicted octanol–water partition coefficient (Wildman–Crippen LogP) is 1.85. The molecular formula is C9H16O4S. The molecule has 1 atom stereocenters. The first-order valence-corrected chi connectivity index (χ1v) is 5.69. The van der Waals surface area contributed by atoms with Crippen molar-refractivity contribution in [2.24, 2.45) is 0 Å². The first-order valence-electron chi connectivity index (χ1n) is 4.58. The minimum Gasteiger partial charge on any atom is -0.463 e. The van der Waals surface area contributed by atoms with Crippen LogP contribution in [0, 0.1) is 0 Å². The summed E-state index contributed by atoms with van der Waals surface area (Å²) in [5, 5.41) is 0. The maximum Gasteiger partial charge on any atom is 0.334 e. The summed E-state index contributed by atoms with van der Waals surface area (Å²) in [6, 6.07) is 0. The fraction of sp³-hybridized carbons (Fsp3) is 0.667. The van der Waals surface area contributed by atoms with E-state index in [0.717, 1.165) is 0 Å². The molecule has 5 heteroatoms. The summed E-state index contributed by atoms with van der Waals surface area (Å²) >= 11 is -2.08. The smallest absolute Gasteiger partial charge is 0.334 e. The van der Waals surface area contributed by atoms with Crippen LogP contribution in [0.2, 0.25) is 0 Å². The van der Waals surface area contributed by atoms with E-state index in [1.807, 2.05) is 0 Å². The number of carbonyl (C=O) groups is 1. The van der Waals surface area contributed by atoms with Gasteiger partial charge in [0.15, 0.2) is 11.1 Å². The zero-order chi connectivity index (χ0) is 11.1. The molecule has 0 saturated heterocycles. The van der Waals surface area contributed by atoms with Crippen LogP contribution in [0.25, 0.3) is 0 Å². The topological polar surface area (TPSA) is 63.6 Å². The number of ether oxygens (including phenoxy) is 1. The van der Waals surface area contributed by atoms with Crippen molar-refractivity contribution in [1.82, 2.24) is 0 Å². The van der Waals surface area contributed by atoms with Crippen molar-refractivity contribution in [3.63, 3.8) is 0 Å². The second-order valence-electron chi connectivity index (χ2n) is 2.58. The molecule has 0 fully saturated rings. The zero-order valence-corrected chi connectivity index (χ0v) is 9.52. The highest BCUT2D eigenvalue weighted by molar-refractivity contribution is 7.83. The second-order valence-corrected chi connectivity index (χ2v) is 3.57. The summed E-state index contributed by atoms with van der Waals surface area (Å²) < 4.78 is 24.6. The van der Waals surface area contributed by atoms with Crippen molar-refractivity contribution in [3.05, 3.63) is 10.5 Å². The van der Waals surface area contributed by atoms with Gasteiger partial charge in [-0.15, -0.1) is 0 Å². The Morgan fingerprint density at radius 2 is 1.86 bits per heavy atom. The molecule has 14 heavy (non-hydrogen) atoms. The van der Waals surface area contributed by atoms with E-state index in [2.05, 4.69) is 0 Å². The second kappa shape index (κ2) is 6.73. The fourth-order valence-electron chi connectivity index (χ4n) is 1.12. The molecule has 82 valence electrons. The van der Waals surface area contributed by atoms with E-state index < -0.39 is 17.0 Å². The molecule has 0 aromatic rings. The Morgan fingerprint density at radius 1 is 1.29 bits per heavy atom. The highest BCUT2D eigenvalue weighted by Gasteiger charge is 2.17. The van der Waals surface area contributed by atoms with Crippen LogP contribution >= 0.6 is 0 Å². The lowest BCUT2D eigenvalue weighted by atomic mass is 10.2. The van der Waals surface area contributed by atoms with E-state index in [1.54, 1.807) is 20.8 Å². The van der Waals surface area contributed by atoms with E-state index in [9.17, 15) is 9.00 Å². The maximum absolute atomic E-state index is 11.4. The van der Waals surface area contributed by atoms with Crippen molar-refractivity contribution in [1.29, 1.82) is 0 Å². The monoisotopic (exact) mass is 220 g/mol. The molecule has 0 saturated carbocycles. The number of hydrogen-bond donors (Lipinski definition) is 1. The van der Waals surface area contributed by atoms with Gasteiger partial charge in [-0.1, -0.05) is 13.8 Å². The Morgan fingerprint density at radius 3 is 2.14 bits per heavy atom. The lowest BCUT2D eigenvalue weighted by molar-refractivity contribution is -0.138. The molecule has 0 aromatic carbocycles. The summed E-state index contributed by atoms with van der Waals surface area (Å²) in [7, 11) is 0. The fourth-order valence-corrected chi connectivity index (χ4v) is 1.80. The van der Waals surface area contributed by atoms with E-state index in [4.69, 9.17) is 9.29 Å². The Balaban J connectivity index is 4.97. The lowest BCUT2D eigenvalue weighted by Gasteiger charge is -2.08. The normalized spacial score (nSPS) is 14.6. The molecule has 0 aliphatic carbocycles. The van der Waals surface area contributed by atoms with Crippen LogP contribution in [0.3, 0.4) is 0 Å². The third kappa shape index (κ3) is 3.59. The SMILES string of the molecule is CCOC(=O)C(CC)=C(CC)S(=O)O. The molecule has 0 aromatic heterocycles. The Hall–Kier alpha value is -0.680. The number of carbonyl (C=O) groups excluding carboxylic acids is 1. The first kappa shape index (κ1) is 13.3. The molecule has 0 aliphatic rings. The Bertz CT molecular complexity index is 258. The highest BCUT2D eigenvalue weighted by atomic mass is 32.2. The summed E-state index contributed by atoms with van der Waals surface area (Å²) in [5.74, 6) is -0.491. The third-order valence-corrected chi connectivity index (χ3v) is 2.70. The van der Waals surface area contributed by atoms with Crippen LogP contribution in [-0.4, -0.2) is 21.3 Å². The van der Waals surface area contributed by atoms with E-state index >= 15 is 0 Å². The lowest BCUT2D eigenvalue weighted by Crippen LogP contribution is -2.11. The van der Waals surface area contributed by atoms with Gasteiger partial charge in [-0.25, -0.2) is 9.00 Å². The van der Waals surface area contributed by atoms with Crippen molar-refractivity contribution in [2.45, 2.75) is 33.6 Å². The van der Waals surface area contributed by atoms with Gasteiger partial charge < -0.3 is 9.29 Å². The van der Waals surface area contributed by atoms with E-state index in [0.29, 0.717) is 18.4 Å². The largest absolute Gasteiger partial charge is 0.463 e.